The molecule has 1 aromatic carbocycles. The number of nitrogens with zero attached hydrogens (tertiary/aromatic N) is 5. The van der Waals surface area contributed by atoms with Crippen LogP contribution >= 0.6 is 0 Å². The summed E-state index contributed by atoms with van der Waals surface area (Å²) in [5, 5.41) is 4.69. The number of rotatable bonds is 4. The lowest BCUT2D eigenvalue weighted by atomic mass is 9.61. The van der Waals surface area contributed by atoms with Crippen LogP contribution in [0.2, 0.25) is 0 Å². The molecule has 186 valence electrons. The summed E-state index contributed by atoms with van der Waals surface area (Å²) in [5.74, 6) is 0.741. The second-order valence-corrected chi connectivity index (χ2v) is 12.0. The highest BCUT2D eigenvalue weighted by molar-refractivity contribution is 5.76. The minimum absolute atomic E-state index is 0.0344. The van der Waals surface area contributed by atoms with Crippen LogP contribution in [-0.2, 0) is 0 Å². The molecular weight excluding hydrogens is 452 g/mol. The Bertz CT molecular complexity index is 1170. The predicted molar refractivity (Wildman–Crippen MR) is 123 cm³/mol. The van der Waals surface area contributed by atoms with Crippen LogP contribution in [0.3, 0.4) is 0 Å². The third-order valence-electron chi connectivity index (χ3n) is 9.18. The van der Waals surface area contributed by atoms with Gasteiger partial charge in [0, 0.05) is 43.6 Å². The quantitative estimate of drug-likeness (QED) is 0.648. The Balaban J connectivity index is 0.908. The van der Waals surface area contributed by atoms with Gasteiger partial charge in [0.25, 0.3) is 0 Å². The molecule has 2 saturated heterocycles. The van der Waals surface area contributed by atoms with E-state index >= 15 is 0 Å². The molecule has 2 aromatic rings. The van der Waals surface area contributed by atoms with Gasteiger partial charge in [-0.05, 0) is 62.0 Å². The number of likely N-dealkylation sites (tertiary alicyclic amines) is 2. The zero-order valence-electron chi connectivity index (χ0n) is 20.0. The fourth-order valence-corrected chi connectivity index (χ4v) is 7.09. The van der Waals surface area contributed by atoms with Crippen LogP contribution in [0.1, 0.15) is 63.2 Å². The summed E-state index contributed by atoms with van der Waals surface area (Å²) in [4.78, 5) is 21.7. The van der Waals surface area contributed by atoms with Crippen LogP contribution in [0.25, 0.3) is 0 Å². The minimum atomic E-state index is -0.666. The fraction of sp³-hybridized carbons (Fsp3) is 0.654. The molecule has 3 aliphatic carbocycles. The van der Waals surface area contributed by atoms with E-state index < -0.39 is 11.6 Å². The van der Waals surface area contributed by atoms with Crippen molar-refractivity contribution >= 4 is 6.03 Å². The van der Waals surface area contributed by atoms with Crippen molar-refractivity contribution in [1.82, 2.24) is 24.6 Å². The largest absolute Gasteiger partial charge is 0.487 e. The molecule has 7 rings (SSSR count). The first-order chi connectivity index (χ1) is 16.8. The Hall–Kier alpha value is -2.71. The molecule has 35 heavy (non-hydrogen) atoms. The third kappa shape index (κ3) is 3.61. The fourth-order valence-electron chi connectivity index (χ4n) is 7.09. The van der Waals surface area contributed by atoms with Gasteiger partial charge in [0.05, 0.1) is 12.1 Å². The van der Waals surface area contributed by atoms with E-state index in [1.54, 1.807) is 0 Å². The monoisotopic (exact) mass is 483 g/mol. The highest BCUT2D eigenvalue weighted by atomic mass is 19.1. The first-order valence-electron chi connectivity index (χ1n) is 12.9. The average Bonchev–Trinajstić information content (AvgIpc) is 3.28. The van der Waals surface area contributed by atoms with Crippen molar-refractivity contribution in [2.45, 2.75) is 63.5 Å². The van der Waals surface area contributed by atoms with Crippen LogP contribution in [-0.4, -0.2) is 62.9 Å². The van der Waals surface area contributed by atoms with Gasteiger partial charge in [0.2, 0.25) is 0 Å². The maximum atomic E-state index is 14.0. The Morgan fingerprint density at radius 3 is 2.63 bits per heavy atom. The van der Waals surface area contributed by atoms with Gasteiger partial charge >= 0.3 is 6.03 Å². The maximum Gasteiger partial charge on any atom is 0.320 e. The molecule has 5 fully saturated rings. The molecule has 7 nitrogen and oxygen atoms in total. The normalized spacial score (nSPS) is 31.4. The van der Waals surface area contributed by atoms with Gasteiger partial charge < -0.3 is 14.5 Å². The molecule has 3 atom stereocenters. The summed E-state index contributed by atoms with van der Waals surface area (Å²) in [6, 6.07) is 4.00. The Morgan fingerprint density at radius 2 is 1.91 bits per heavy atom. The van der Waals surface area contributed by atoms with E-state index in [4.69, 9.17) is 4.74 Å². The van der Waals surface area contributed by atoms with Crippen molar-refractivity contribution in [3.05, 3.63) is 42.0 Å². The van der Waals surface area contributed by atoms with Gasteiger partial charge in [-0.1, -0.05) is 6.92 Å². The van der Waals surface area contributed by atoms with Crippen LogP contribution < -0.4 is 4.74 Å². The lowest BCUT2D eigenvalue weighted by molar-refractivity contribution is -0.0737. The lowest BCUT2D eigenvalue weighted by Gasteiger charge is -2.59. The molecular formula is C26H31F2N5O2. The Morgan fingerprint density at radius 1 is 1.11 bits per heavy atom. The average molecular weight is 484 g/mol. The number of benzene rings is 1. The molecule has 1 aromatic heterocycles. The summed E-state index contributed by atoms with van der Waals surface area (Å²) in [6.45, 7) is 5.30. The van der Waals surface area contributed by atoms with E-state index in [9.17, 15) is 13.6 Å². The molecule has 0 unspecified atom stereocenters. The van der Waals surface area contributed by atoms with Gasteiger partial charge in [-0.25, -0.2) is 23.2 Å². The number of ether oxygens (including phenoxy) is 1. The first kappa shape index (κ1) is 21.6. The number of carbonyl (C=O) groups excluding carboxylic acids is 1. The van der Waals surface area contributed by atoms with E-state index in [1.165, 1.54) is 25.0 Å². The Labute approximate surface area is 203 Å². The third-order valence-corrected chi connectivity index (χ3v) is 9.18. The van der Waals surface area contributed by atoms with E-state index in [-0.39, 0.29) is 28.7 Å². The van der Waals surface area contributed by atoms with Crippen LogP contribution in [0.5, 0.6) is 5.75 Å². The zero-order chi connectivity index (χ0) is 23.9. The lowest BCUT2D eigenvalue weighted by Crippen LogP contribution is -2.65. The molecule has 5 aliphatic rings. The standard InChI is InChI=1S/C26H31F2N5O2/c1-25-10-20(35-22-5-4-18(27)7-21(22)28)6-17(25)11-31(12-25)24(34)32-13-26(14-32)8-19(9-26)33-15-29-23(30-33)16-2-3-16/h4-5,7,15-17,19-20H,2-3,6,8-14H2,1H3/t17-,20+,25+/m1/s1. The first-order valence-corrected chi connectivity index (χ1v) is 12.9. The summed E-state index contributed by atoms with van der Waals surface area (Å²) >= 11 is 0. The molecule has 3 heterocycles. The van der Waals surface area contributed by atoms with E-state index in [1.807, 2.05) is 20.8 Å². The summed E-state index contributed by atoms with van der Waals surface area (Å²) < 4.78 is 35.1. The predicted octanol–water partition coefficient (Wildman–Crippen LogP) is 4.37. The number of fused-ring (bicyclic) bond motifs is 1. The summed E-state index contributed by atoms with van der Waals surface area (Å²) in [6.07, 6.45) is 7.90. The number of aromatic nitrogens is 3. The van der Waals surface area contributed by atoms with E-state index in [0.29, 0.717) is 24.4 Å². The topological polar surface area (TPSA) is 63.5 Å². The van der Waals surface area contributed by atoms with Crippen LogP contribution in [0, 0.1) is 28.4 Å². The second-order valence-electron chi connectivity index (χ2n) is 12.0. The van der Waals surface area contributed by atoms with Crippen molar-refractivity contribution in [2.75, 3.05) is 26.2 Å². The molecule has 3 saturated carbocycles. The Kier molecular flexibility index (Phi) is 4.56. The summed E-state index contributed by atoms with van der Waals surface area (Å²) in [7, 11) is 0. The summed E-state index contributed by atoms with van der Waals surface area (Å²) in [5.41, 5.74) is 0.219. The van der Waals surface area contributed by atoms with Gasteiger partial charge in [-0.3, -0.25) is 0 Å². The smallest absolute Gasteiger partial charge is 0.320 e. The molecule has 0 bridgehead atoms. The second kappa shape index (κ2) is 7.40. The number of hydrogen-bond donors (Lipinski definition) is 0. The van der Waals surface area contributed by atoms with Gasteiger partial charge in [-0.15, -0.1) is 0 Å². The highest BCUT2D eigenvalue weighted by Gasteiger charge is 2.57. The number of hydrogen-bond acceptors (Lipinski definition) is 4. The van der Waals surface area contributed by atoms with Crippen molar-refractivity contribution in [3.8, 4) is 5.75 Å². The van der Waals surface area contributed by atoms with Gasteiger partial charge in [0.15, 0.2) is 17.4 Å². The zero-order valence-corrected chi connectivity index (χ0v) is 20.0. The van der Waals surface area contributed by atoms with Gasteiger partial charge in [-0.2, -0.15) is 5.10 Å². The number of amides is 2. The van der Waals surface area contributed by atoms with Gasteiger partial charge in [0.1, 0.15) is 12.1 Å². The number of halogens is 2. The van der Waals surface area contributed by atoms with Crippen LogP contribution in [0.15, 0.2) is 24.5 Å². The SMILES string of the molecule is C[C@@]12C[C@@H](Oc3ccc(F)cc3F)C[C@@H]1CN(C(=O)N1CC3(CC(n4cnc(C5CC5)n4)C3)C1)C2. The molecule has 0 N–H and O–H groups in total. The number of carbonyl (C=O) groups is 1. The molecule has 2 aliphatic heterocycles. The molecule has 0 radical (unpaired) electrons. The van der Waals surface area contributed by atoms with Crippen molar-refractivity contribution in [1.29, 1.82) is 0 Å². The van der Waals surface area contributed by atoms with Crippen molar-refractivity contribution in [3.63, 3.8) is 0 Å². The minimum Gasteiger partial charge on any atom is -0.487 e. The number of urea groups is 1. The van der Waals surface area contributed by atoms with E-state index in [2.05, 4.69) is 17.0 Å². The molecule has 2 amide bonds. The van der Waals surface area contributed by atoms with Crippen LogP contribution in [0.4, 0.5) is 13.6 Å². The molecule has 9 heteroatoms. The maximum absolute atomic E-state index is 14.0. The van der Waals surface area contributed by atoms with Crippen molar-refractivity contribution < 1.29 is 18.3 Å². The molecule has 1 spiro atoms. The van der Waals surface area contributed by atoms with Crippen molar-refractivity contribution in [2.24, 2.45) is 16.7 Å². The van der Waals surface area contributed by atoms with E-state index in [0.717, 1.165) is 57.2 Å². The highest BCUT2D eigenvalue weighted by Crippen LogP contribution is 2.55.